The van der Waals surface area contributed by atoms with E-state index in [-0.39, 0.29) is 5.82 Å². The van der Waals surface area contributed by atoms with Gasteiger partial charge in [0.2, 0.25) is 0 Å². The molecule has 1 aliphatic rings. The Balaban J connectivity index is 2.40. The summed E-state index contributed by atoms with van der Waals surface area (Å²) in [5.74, 6) is 0.599. The molecule has 2 heteroatoms. The van der Waals surface area contributed by atoms with Gasteiger partial charge in [0.25, 0.3) is 0 Å². The molecule has 0 saturated carbocycles. The maximum atomic E-state index is 13.7. The van der Waals surface area contributed by atoms with Gasteiger partial charge in [-0.2, -0.15) is 0 Å². The standard InChI is InChI=1S/C14H20FN/c1-9(2)8-13-14-10(3)4-5-12(15)11(14)6-7-16-13/h4-5,9,13,16H,6-8H2,1-3H3. The minimum atomic E-state index is -0.0316. The van der Waals surface area contributed by atoms with Crippen molar-refractivity contribution in [3.63, 3.8) is 0 Å². The molecule has 1 aliphatic heterocycles. The molecule has 1 atom stereocenters. The molecule has 1 aromatic rings. The first kappa shape index (κ1) is 11.6. The van der Waals surface area contributed by atoms with E-state index < -0.39 is 0 Å². The fraction of sp³-hybridized carbons (Fsp3) is 0.571. The van der Waals surface area contributed by atoms with E-state index in [1.165, 1.54) is 11.1 Å². The van der Waals surface area contributed by atoms with E-state index in [4.69, 9.17) is 0 Å². The predicted octanol–water partition coefficient (Wildman–Crippen LogP) is 3.37. The molecule has 0 fully saturated rings. The van der Waals surface area contributed by atoms with Gasteiger partial charge in [0.1, 0.15) is 5.82 Å². The Hall–Kier alpha value is -0.890. The van der Waals surface area contributed by atoms with Crippen LogP contribution in [0.5, 0.6) is 0 Å². The number of fused-ring (bicyclic) bond motifs is 1. The van der Waals surface area contributed by atoms with Crippen molar-refractivity contribution in [1.29, 1.82) is 0 Å². The summed E-state index contributed by atoms with van der Waals surface area (Å²) >= 11 is 0. The molecular formula is C14H20FN. The second-order valence-electron chi connectivity index (χ2n) is 5.14. The van der Waals surface area contributed by atoms with Gasteiger partial charge in [-0.05, 0) is 55.0 Å². The average molecular weight is 221 g/mol. The van der Waals surface area contributed by atoms with E-state index in [1.54, 1.807) is 6.07 Å². The van der Waals surface area contributed by atoms with Crippen molar-refractivity contribution < 1.29 is 4.39 Å². The zero-order valence-corrected chi connectivity index (χ0v) is 10.3. The minimum absolute atomic E-state index is 0.0316. The molecule has 1 aromatic carbocycles. The summed E-state index contributed by atoms with van der Waals surface area (Å²) in [4.78, 5) is 0. The van der Waals surface area contributed by atoms with Crippen LogP contribution in [0, 0.1) is 18.7 Å². The summed E-state index contributed by atoms with van der Waals surface area (Å²) in [7, 11) is 0. The summed E-state index contributed by atoms with van der Waals surface area (Å²) in [6, 6.07) is 3.83. The van der Waals surface area contributed by atoms with E-state index in [1.807, 2.05) is 6.07 Å². The zero-order valence-electron chi connectivity index (χ0n) is 10.3. The monoisotopic (exact) mass is 221 g/mol. The van der Waals surface area contributed by atoms with Gasteiger partial charge in [-0.15, -0.1) is 0 Å². The fourth-order valence-electron chi connectivity index (χ4n) is 2.64. The lowest BCUT2D eigenvalue weighted by Crippen LogP contribution is -2.32. The highest BCUT2D eigenvalue weighted by Crippen LogP contribution is 2.31. The van der Waals surface area contributed by atoms with Crippen LogP contribution in [0.25, 0.3) is 0 Å². The number of rotatable bonds is 2. The second kappa shape index (κ2) is 4.54. The smallest absolute Gasteiger partial charge is 0.126 e. The lowest BCUT2D eigenvalue weighted by atomic mass is 9.86. The van der Waals surface area contributed by atoms with Crippen LogP contribution in [0.3, 0.4) is 0 Å². The number of aryl methyl sites for hydroxylation is 1. The first-order chi connectivity index (χ1) is 7.59. The summed E-state index contributed by atoms with van der Waals surface area (Å²) in [5, 5.41) is 3.51. The quantitative estimate of drug-likeness (QED) is 0.807. The third-order valence-electron chi connectivity index (χ3n) is 3.34. The number of hydrogen-bond acceptors (Lipinski definition) is 1. The van der Waals surface area contributed by atoms with E-state index in [0.717, 1.165) is 24.9 Å². The Morgan fingerprint density at radius 3 is 2.88 bits per heavy atom. The first-order valence-corrected chi connectivity index (χ1v) is 6.11. The number of benzene rings is 1. The lowest BCUT2D eigenvalue weighted by Gasteiger charge is -2.30. The molecule has 0 radical (unpaired) electrons. The maximum Gasteiger partial charge on any atom is 0.126 e. The predicted molar refractivity (Wildman–Crippen MR) is 65.0 cm³/mol. The molecular weight excluding hydrogens is 201 g/mol. The van der Waals surface area contributed by atoms with Crippen LogP contribution in [-0.4, -0.2) is 6.54 Å². The Bertz CT molecular complexity index is 385. The van der Waals surface area contributed by atoms with E-state index in [0.29, 0.717) is 12.0 Å². The van der Waals surface area contributed by atoms with Gasteiger partial charge in [-0.3, -0.25) is 0 Å². The average Bonchev–Trinajstić information content (AvgIpc) is 2.23. The van der Waals surface area contributed by atoms with Crippen LogP contribution in [0.2, 0.25) is 0 Å². The maximum absolute atomic E-state index is 13.7. The van der Waals surface area contributed by atoms with E-state index in [2.05, 4.69) is 26.1 Å². The Kier molecular flexibility index (Phi) is 3.29. The molecule has 2 rings (SSSR count). The molecule has 0 bridgehead atoms. The third kappa shape index (κ3) is 2.12. The van der Waals surface area contributed by atoms with Crippen LogP contribution in [0.15, 0.2) is 12.1 Å². The van der Waals surface area contributed by atoms with Gasteiger partial charge in [0, 0.05) is 6.04 Å². The molecule has 0 amide bonds. The Morgan fingerprint density at radius 1 is 1.44 bits per heavy atom. The van der Waals surface area contributed by atoms with Crippen molar-refractivity contribution in [1.82, 2.24) is 5.32 Å². The van der Waals surface area contributed by atoms with Gasteiger partial charge in [0.15, 0.2) is 0 Å². The fourth-order valence-corrected chi connectivity index (χ4v) is 2.64. The zero-order chi connectivity index (χ0) is 11.7. The normalized spacial score (nSPS) is 19.9. The first-order valence-electron chi connectivity index (χ1n) is 6.11. The van der Waals surface area contributed by atoms with Crippen molar-refractivity contribution in [2.45, 2.75) is 39.7 Å². The summed E-state index contributed by atoms with van der Waals surface area (Å²) in [6.07, 6.45) is 1.90. The van der Waals surface area contributed by atoms with Crippen LogP contribution in [0.1, 0.15) is 43.0 Å². The van der Waals surface area contributed by atoms with Crippen molar-refractivity contribution in [3.05, 3.63) is 34.6 Å². The van der Waals surface area contributed by atoms with Crippen LogP contribution >= 0.6 is 0 Å². The minimum Gasteiger partial charge on any atom is -0.310 e. The number of halogens is 1. The van der Waals surface area contributed by atoms with Crippen LogP contribution in [0.4, 0.5) is 4.39 Å². The van der Waals surface area contributed by atoms with Gasteiger partial charge < -0.3 is 5.32 Å². The van der Waals surface area contributed by atoms with Crippen LogP contribution in [-0.2, 0) is 6.42 Å². The highest BCUT2D eigenvalue weighted by atomic mass is 19.1. The molecule has 0 spiro atoms. The Morgan fingerprint density at radius 2 is 2.19 bits per heavy atom. The van der Waals surface area contributed by atoms with Crippen molar-refractivity contribution >= 4 is 0 Å². The molecule has 16 heavy (non-hydrogen) atoms. The van der Waals surface area contributed by atoms with Crippen LogP contribution < -0.4 is 5.32 Å². The number of nitrogens with one attached hydrogen (secondary N) is 1. The van der Waals surface area contributed by atoms with Crippen molar-refractivity contribution in [3.8, 4) is 0 Å². The van der Waals surface area contributed by atoms with Gasteiger partial charge >= 0.3 is 0 Å². The molecule has 1 unspecified atom stereocenters. The molecule has 0 saturated heterocycles. The largest absolute Gasteiger partial charge is 0.310 e. The highest BCUT2D eigenvalue weighted by Gasteiger charge is 2.24. The molecule has 0 aliphatic carbocycles. The molecule has 1 N–H and O–H groups in total. The van der Waals surface area contributed by atoms with E-state index >= 15 is 0 Å². The summed E-state index contributed by atoms with van der Waals surface area (Å²) in [6.45, 7) is 7.40. The van der Waals surface area contributed by atoms with Crippen molar-refractivity contribution in [2.24, 2.45) is 5.92 Å². The third-order valence-corrected chi connectivity index (χ3v) is 3.34. The lowest BCUT2D eigenvalue weighted by molar-refractivity contribution is 0.406. The van der Waals surface area contributed by atoms with E-state index in [9.17, 15) is 4.39 Å². The topological polar surface area (TPSA) is 12.0 Å². The molecule has 1 heterocycles. The van der Waals surface area contributed by atoms with Crippen molar-refractivity contribution in [2.75, 3.05) is 6.54 Å². The summed E-state index contributed by atoms with van der Waals surface area (Å²) < 4.78 is 13.7. The second-order valence-corrected chi connectivity index (χ2v) is 5.14. The molecule has 0 aromatic heterocycles. The highest BCUT2D eigenvalue weighted by molar-refractivity contribution is 5.39. The molecule has 1 nitrogen and oxygen atoms in total. The van der Waals surface area contributed by atoms with Gasteiger partial charge in [-0.1, -0.05) is 19.9 Å². The van der Waals surface area contributed by atoms with Gasteiger partial charge in [0.05, 0.1) is 0 Å². The molecule has 88 valence electrons. The van der Waals surface area contributed by atoms with Gasteiger partial charge in [-0.25, -0.2) is 4.39 Å². The SMILES string of the molecule is Cc1ccc(F)c2c1C(CC(C)C)NCC2. The Labute approximate surface area is 97.1 Å². The number of hydrogen-bond donors (Lipinski definition) is 1. The summed E-state index contributed by atoms with van der Waals surface area (Å²) in [5.41, 5.74) is 3.36.